The van der Waals surface area contributed by atoms with Gasteiger partial charge in [-0.3, -0.25) is 4.79 Å². The summed E-state index contributed by atoms with van der Waals surface area (Å²) in [6, 6.07) is 29.0. The van der Waals surface area contributed by atoms with Gasteiger partial charge in [-0.05, 0) is 74.0 Å². The predicted molar refractivity (Wildman–Crippen MR) is 123 cm³/mol. The summed E-state index contributed by atoms with van der Waals surface area (Å²) in [6.45, 7) is 3.92. The first-order chi connectivity index (χ1) is 15.1. The van der Waals surface area contributed by atoms with Crippen LogP contribution in [0.3, 0.4) is 0 Å². The molecule has 1 aromatic heterocycles. The molecule has 0 saturated carbocycles. The van der Waals surface area contributed by atoms with Crippen LogP contribution in [0.15, 0.2) is 96.1 Å². The van der Waals surface area contributed by atoms with Crippen molar-refractivity contribution in [3.8, 4) is 17.2 Å². The molecular formula is C26H23N3O2. The number of carbonyl (C=O) groups is 1. The lowest BCUT2D eigenvalue weighted by Crippen LogP contribution is -2.18. The number of benzene rings is 3. The Labute approximate surface area is 181 Å². The number of hydrogen-bond donors (Lipinski definition) is 1. The molecule has 1 amide bonds. The molecule has 0 saturated heterocycles. The Morgan fingerprint density at radius 1 is 0.871 bits per heavy atom. The summed E-state index contributed by atoms with van der Waals surface area (Å²) >= 11 is 0. The van der Waals surface area contributed by atoms with E-state index in [1.807, 2.05) is 105 Å². The fraction of sp³-hybridized carbons (Fsp3) is 0.0769. The molecule has 0 fully saturated rings. The third-order valence-corrected chi connectivity index (χ3v) is 4.93. The summed E-state index contributed by atoms with van der Waals surface area (Å²) in [4.78, 5) is 12.7. The van der Waals surface area contributed by atoms with Gasteiger partial charge in [0, 0.05) is 17.1 Å². The third kappa shape index (κ3) is 4.73. The first-order valence-corrected chi connectivity index (χ1v) is 10.0. The summed E-state index contributed by atoms with van der Waals surface area (Å²) in [5.74, 6) is 1.28. The van der Waals surface area contributed by atoms with Crippen molar-refractivity contribution in [2.75, 3.05) is 0 Å². The fourth-order valence-corrected chi connectivity index (χ4v) is 3.44. The molecule has 0 bridgehead atoms. The van der Waals surface area contributed by atoms with E-state index in [0.29, 0.717) is 5.56 Å². The van der Waals surface area contributed by atoms with Crippen molar-refractivity contribution < 1.29 is 9.53 Å². The molecule has 1 N–H and O–H groups in total. The van der Waals surface area contributed by atoms with Gasteiger partial charge in [-0.1, -0.05) is 36.4 Å². The average molecular weight is 409 g/mol. The lowest BCUT2D eigenvalue weighted by atomic mass is 10.2. The van der Waals surface area contributed by atoms with Crippen molar-refractivity contribution in [1.29, 1.82) is 0 Å². The summed E-state index contributed by atoms with van der Waals surface area (Å²) in [6.07, 6.45) is 1.61. The van der Waals surface area contributed by atoms with Crippen LogP contribution in [0.4, 0.5) is 0 Å². The second-order valence-electron chi connectivity index (χ2n) is 7.14. The van der Waals surface area contributed by atoms with E-state index in [0.717, 1.165) is 34.1 Å². The number of ether oxygens (including phenoxy) is 1. The van der Waals surface area contributed by atoms with Crippen LogP contribution in [-0.4, -0.2) is 16.7 Å². The fourth-order valence-electron chi connectivity index (χ4n) is 3.44. The van der Waals surface area contributed by atoms with Gasteiger partial charge in [-0.2, -0.15) is 5.10 Å². The van der Waals surface area contributed by atoms with Gasteiger partial charge in [-0.25, -0.2) is 5.43 Å². The number of para-hydroxylation sites is 2. The topological polar surface area (TPSA) is 55.6 Å². The molecule has 5 nitrogen and oxygen atoms in total. The molecule has 154 valence electrons. The maximum atomic E-state index is 12.7. The van der Waals surface area contributed by atoms with Gasteiger partial charge in [0.05, 0.1) is 11.8 Å². The average Bonchev–Trinajstić information content (AvgIpc) is 3.10. The van der Waals surface area contributed by atoms with E-state index in [4.69, 9.17) is 4.74 Å². The summed E-state index contributed by atoms with van der Waals surface area (Å²) in [5, 5.41) is 4.11. The molecule has 4 aromatic rings. The highest BCUT2D eigenvalue weighted by Crippen LogP contribution is 2.22. The zero-order chi connectivity index (χ0) is 21.6. The van der Waals surface area contributed by atoms with Crippen LogP contribution >= 0.6 is 0 Å². The smallest absolute Gasteiger partial charge is 0.273 e. The Morgan fingerprint density at radius 3 is 2.16 bits per heavy atom. The van der Waals surface area contributed by atoms with Crippen LogP contribution in [0.2, 0.25) is 0 Å². The molecule has 3 aromatic carbocycles. The van der Waals surface area contributed by atoms with E-state index in [2.05, 4.69) is 15.1 Å². The Morgan fingerprint density at radius 2 is 1.48 bits per heavy atom. The second-order valence-corrected chi connectivity index (χ2v) is 7.14. The number of aryl methyl sites for hydroxylation is 1. The standard InChI is InChI=1S/C26H23N3O2/c1-19-17-25(20(2)29(19)22-9-5-3-6-10-22)26(30)28-27-18-21-13-15-24(16-14-21)31-23-11-7-4-8-12-23/h3-18H,1-2H3,(H,28,30). The van der Waals surface area contributed by atoms with E-state index in [1.54, 1.807) is 6.21 Å². The van der Waals surface area contributed by atoms with Crippen LogP contribution in [0.5, 0.6) is 11.5 Å². The SMILES string of the molecule is Cc1cc(C(=O)NN=Cc2ccc(Oc3ccccc3)cc2)c(C)n1-c1ccccc1. The predicted octanol–water partition coefficient (Wildman–Crippen LogP) is 5.65. The zero-order valence-corrected chi connectivity index (χ0v) is 17.4. The van der Waals surface area contributed by atoms with Gasteiger partial charge in [-0.15, -0.1) is 0 Å². The minimum atomic E-state index is -0.240. The maximum absolute atomic E-state index is 12.7. The highest BCUT2D eigenvalue weighted by Gasteiger charge is 2.16. The molecule has 0 aliphatic heterocycles. The van der Waals surface area contributed by atoms with Gasteiger partial charge in [0.2, 0.25) is 0 Å². The largest absolute Gasteiger partial charge is 0.457 e. The monoisotopic (exact) mass is 409 g/mol. The van der Waals surface area contributed by atoms with Crippen LogP contribution in [-0.2, 0) is 0 Å². The number of nitrogens with one attached hydrogen (secondary N) is 1. The lowest BCUT2D eigenvalue weighted by molar-refractivity contribution is 0.0954. The van der Waals surface area contributed by atoms with E-state index >= 15 is 0 Å². The number of aromatic nitrogens is 1. The summed E-state index contributed by atoms with van der Waals surface area (Å²) in [7, 11) is 0. The molecular weight excluding hydrogens is 386 g/mol. The molecule has 0 aliphatic carbocycles. The number of carbonyl (C=O) groups excluding carboxylic acids is 1. The second kappa shape index (κ2) is 9.13. The van der Waals surface area contributed by atoms with Crippen molar-refractivity contribution in [1.82, 2.24) is 9.99 Å². The van der Waals surface area contributed by atoms with Crippen LogP contribution < -0.4 is 10.2 Å². The molecule has 1 heterocycles. The molecule has 0 unspecified atom stereocenters. The minimum Gasteiger partial charge on any atom is -0.457 e. The zero-order valence-electron chi connectivity index (χ0n) is 17.4. The van der Waals surface area contributed by atoms with E-state index in [1.165, 1.54) is 0 Å². The number of nitrogens with zero attached hydrogens (tertiary/aromatic N) is 2. The van der Waals surface area contributed by atoms with Crippen LogP contribution in [0, 0.1) is 13.8 Å². The number of rotatable bonds is 6. The van der Waals surface area contributed by atoms with Crippen molar-refractivity contribution in [2.45, 2.75) is 13.8 Å². The van der Waals surface area contributed by atoms with E-state index < -0.39 is 0 Å². The minimum absolute atomic E-state index is 0.240. The number of hydrogen-bond acceptors (Lipinski definition) is 3. The summed E-state index contributed by atoms with van der Waals surface area (Å²) < 4.78 is 7.84. The lowest BCUT2D eigenvalue weighted by Gasteiger charge is -2.09. The first kappa shape index (κ1) is 20.2. The molecule has 0 radical (unpaired) electrons. The van der Waals surface area contributed by atoms with Gasteiger partial charge in [0.25, 0.3) is 5.91 Å². The van der Waals surface area contributed by atoms with Gasteiger partial charge in [0.1, 0.15) is 11.5 Å². The van der Waals surface area contributed by atoms with Gasteiger partial charge in [0.15, 0.2) is 0 Å². The van der Waals surface area contributed by atoms with Crippen molar-refractivity contribution in [3.05, 3.63) is 114 Å². The quantitative estimate of drug-likeness (QED) is 0.330. The Balaban J connectivity index is 1.41. The van der Waals surface area contributed by atoms with Crippen molar-refractivity contribution >= 4 is 12.1 Å². The van der Waals surface area contributed by atoms with Gasteiger partial charge < -0.3 is 9.30 Å². The van der Waals surface area contributed by atoms with Crippen molar-refractivity contribution in [3.63, 3.8) is 0 Å². The highest BCUT2D eigenvalue weighted by atomic mass is 16.5. The first-order valence-electron chi connectivity index (χ1n) is 10.0. The van der Waals surface area contributed by atoms with Gasteiger partial charge >= 0.3 is 0 Å². The Bertz CT molecular complexity index is 1190. The number of hydrazone groups is 1. The van der Waals surface area contributed by atoms with E-state index in [9.17, 15) is 4.79 Å². The van der Waals surface area contributed by atoms with Crippen LogP contribution in [0.1, 0.15) is 27.3 Å². The molecule has 5 heteroatoms. The maximum Gasteiger partial charge on any atom is 0.273 e. The Kier molecular flexibility index (Phi) is 5.94. The molecule has 0 atom stereocenters. The van der Waals surface area contributed by atoms with E-state index in [-0.39, 0.29) is 5.91 Å². The number of amides is 1. The molecule has 31 heavy (non-hydrogen) atoms. The Hall–Kier alpha value is -4.12. The summed E-state index contributed by atoms with van der Waals surface area (Å²) in [5.41, 5.74) is 6.97. The van der Waals surface area contributed by atoms with Crippen molar-refractivity contribution in [2.24, 2.45) is 5.10 Å². The molecule has 4 rings (SSSR count). The van der Waals surface area contributed by atoms with Crippen LogP contribution in [0.25, 0.3) is 5.69 Å². The normalized spacial score (nSPS) is 10.9. The highest BCUT2D eigenvalue weighted by molar-refractivity contribution is 5.96. The molecule has 0 spiro atoms. The third-order valence-electron chi connectivity index (χ3n) is 4.93. The molecule has 0 aliphatic rings.